The lowest BCUT2D eigenvalue weighted by molar-refractivity contribution is 0.197. The number of hydrogen-bond acceptors (Lipinski definition) is 3. The standard InChI is InChI=1S/C18H22N2O2.H3N/c1-11(2)13-9-19-10-18(3,4)15-12-7-5-6-8-14(12)20(16(13)15)17(21)22;/h5-9,11,19H,10H2,1-4H3,(H,21,22);1H3. The van der Waals surface area contributed by atoms with E-state index in [1.807, 2.05) is 30.5 Å². The summed E-state index contributed by atoms with van der Waals surface area (Å²) >= 11 is 0. The van der Waals surface area contributed by atoms with E-state index in [1.165, 1.54) is 4.57 Å². The summed E-state index contributed by atoms with van der Waals surface area (Å²) in [5.74, 6) is 0.238. The van der Waals surface area contributed by atoms with Gasteiger partial charge in [0.05, 0.1) is 11.2 Å². The molecule has 0 saturated carbocycles. The number of para-hydroxylation sites is 1. The lowest BCUT2D eigenvalue weighted by Gasteiger charge is -2.24. The molecule has 1 aromatic heterocycles. The molecule has 1 aliphatic rings. The van der Waals surface area contributed by atoms with Gasteiger partial charge in [0.25, 0.3) is 0 Å². The van der Waals surface area contributed by atoms with Crippen LogP contribution >= 0.6 is 0 Å². The largest absolute Gasteiger partial charge is 0.464 e. The quantitative estimate of drug-likeness (QED) is 0.735. The lowest BCUT2D eigenvalue weighted by Crippen LogP contribution is -2.29. The normalized spacial score (nSPS) is 16.1. The predicted molar refractivity (Wildman–Crippen MR) is 94.2 cm³/mol. The van der Waals surface area contributed by atoms with Crippen molar-refractivity contribution in [2.45, 2.75) is 33.1 Å². The molecule has 2 aromatic rings. The summed E-state index contributed by atoms with van der Waals surface area (Å²) < 4.78 is 1.45. The number of carbonyl (C=O) groups is 1. The van der Waals surface area contributed by atoms with Crippen LogP contribution in [-0.4, -0.2) is 22.3 Å². The minimum absolute atomic E-state index is 0. The first-order valence-corrected chi connectivity index (χ1v) is 7.65. The highest BCUT2D eigenvalue weighted by molar-refractivity contribution is 5.98. The average molecular weight is 315 g/mol. The molecule has 0 bridgehead atoms. The van der Waals surface area contributed by atoms with E-state index in [4.69, 9.17) is 0 Å². The monoisotopic (exact) mass is 315 g/mol. The summed E-state index contributed by atoms with van der Waals surface area (Å²) in [7, 11) is 0. The molecule has 0 atom stereocenters. The van der Waals surface area contributed by atoms with Crippen molar-refractivity contribution in [2.24, 2.45) is 5.92 Å². The second kappa shape index (κ2) is 5.74. The van der Waals surface area contributed by atoms with Crippen molar-refractivity contribution >= 4 is 22.6 Å². The predicted octanol–water partition coefficient (Wildman–Crippen LogP) is 4.21. The van der Waals surface area contributed by atoms with Gasteiger partial charge in [0, 0.05) is 23.5 Å². The molecule has 2 heterocycles. The van der Waals surface area contributed by atoms with E-state index in [1.54, 1.807) is 0 Å². The highest BCUT2D eigenvalue weighted by Crippen LogP contribution is 2.41. The molecule has 5 nitrogen and oxygen atoms in total. The fraction of sp³-hybridized carbons (Fsp3) is 0.389. The molecule has 23 heavy (non-hydrogen) atoms. The average Bonchev–Trinajstić information content (AvgIpc) is 2.71. The molecule has 3 rings (SSSR count). The van der Waals surface area contributed by atoms with Crippen LogP contribution in [0.3, 0.4) is 0 Å². The zero-order valence-electron chi connectivity index (χ0n) is 14.2. The van der Waals surface area contributed by atoms with E-state index >= 15 is 0 Å². The minimum Gasteiger partial charge on any atom is -0.464 e. The van der Waals surface area contributed by atoms with Crippen LogP contribution in [0.15, 0.2) is 30.5 Å². The third kappa shape index (κ3) is 2.51. The van der Waals surface area contributed by atoms with E-state index in [-0.39, 0.29) is 17.5 Å². The van der Waals surface area contributed by atoms with Crippen molar-refractivity contribution in [3.05, 3.63) is 41.7 Å². The fourth-order valence-electron chi connectivity index (χ4n) is 3.41. The van der Waals surface area contributed by atoms with Crippen LogP contribution in [0.5, 0.6) is 0 Å². The fourth-order valence-corrected chi connectivity index (χ4v) is 3.41. The Morgan fingerprint density at radius 3 is 2.57 bits per heavy atom. The van der Waals surface area contributed by atoms with Crippen molar-refractivity contribution in [3.8, 4) is 0 Å². The molecule has 0 amide bonds. The summed E-state index contributed by atoms with van der Waals surface area (Å²) in [6.07, 6.45) is 1.05. The number of carboxylic acid groups (broad SMARTS) is 1. The second-order valence-corrected chi connectivity index (χ2v) is 6.88. The number of nitrogens with zero attached hydrogens (tertiary/aromatic N) is 1. The van der Waals surface area contributed by atoms with Gasteiger partial charge >= 0.3 is 6.09 Å². The maximum absolute atomic E-state index is 12.0. The molecular formula is C18H25N3O2. The third-order valence-electron chi connectivity index (χ3n) is 4.44. The van der Waals surface area contributed by atoms with Gasteiger partial charge < -0.3 is 16.6 Å². The smallest absolute Gasteiger partial charge is 0.416 e. The van der Waals surface area contributed by atoms with E-state index in [0.717, 1.165) is 34.3 Å². The summed E-state index contributed by atoms with van der Waals surface area (Å²) in [5, 5.41) is 14.2. The number of fused-ring (bicyclic) bond motifs is 3. The van der Waals surface area contributed by atoms with Gasteiger partial charge in [-0.2, -0.15) is 0 Å². The van der Waals surface area contributed by atoms with Crippen molar-refractivity contribution in [1.29, 1.82) is 0 Å². The molecule has 0 radical (unpaired) electrons. The number of rotatable bonds is 1. The maximum Gasteiger partial charge on any atom is 0.416 e. The highest BCUT2D eigenvalue weighted by atomic mass is 16.4. The van der Waals surface area contributed by atoms with E-state index in [0.29, 0.717) is 0 Å². The van der Waals surface area contributed by atoms with Gasteiger partial charge in [-0.05, 0) is 23.1 Å². The van der Waals surface area contributed by atoms with Gasteiger partial charge in [0.2, 0.25) is 0 Å². The zero-order valence-corrected chi connectivity index (χ0v) is 14.2. The molecule has 5 heteroatoms. The van der Waals surface area contributed by atoms with Crippen molar-refractivity contribution < 1.29 is 9.90 Å². The van der Waals surface area contributed by atoms with Crippen LogP contribution in [0.1, 0.15) is 39.0 Å². The zero-order chi connectivity index (χ0) is 16.1. The number of nitrogens with one attached hydrogen (secondary N) is 1. The minimum atomic E-state index is -0.929. The molecule has 0 fully saturated rings. The van der Waals surface area contributed by atoms with Crippen LogP contribution in [0.25, 0.3) is 16.5 Å². The van der Waals surface area contributed by atoms with E-state index in [2.05, 4.69) is 33.0 Å². The molecule has 1 aromatic carbocycles. The third-order valence-corrected chi connectivity index (χ3v) is 4.44. The van der Waals surface area contributed by atoms with Crippen LogP contribution in [0.2, 0.25) is 0 Å². The van der Waals surface area contributed by atoms with E-state index < -0.39 is 6.09 Å². The Hall–Kier alpha value is -2.27. The van der Waals surface area contributed by atoms with Gasteiger partial charge in [-0.25, -0.2) is 9.36 Å². The summed E-state index contributed by atoms with van der Waals surface area (Å²) in [4.78, 5) is 12.0. The molecule has 0 unspecified atom stereocenters. The van der Waals surface area contributed by atoms with Crippen LogP contribution in [-0.2, 0) is 5.41 Å². The summed E-state index contributed by atoms with van der Waals surface area (Å²) in [6.45, 7) is 9.30. The number of aromatic nitrogens is 1. The van der Waals surface area contributed by atoms with Crippen molar-refractivity contribution in [2.75, 3.05) is 6.54 Å². The highest BCUT2D eigenvalue weighted by Gasteiger charge is 2.34. The van der Waals surface area contributed by atoms with Gasteiger partial charge in [-0.1, -0.05) is 45.9 Å². The molecular weight excluding hydrogens is 290 g/mol. The second-order valence-electron chi connectivity index (χ2n) is 6.88. The van der Waals surface area contributed by atoms with Crippen molar-refractivity contribution in [3.63, 3.8) is 0 Å². The number of allylic oxidation sites excluding steroid dienone is 1. The number of hydrogen-bond donors (Lipinski definition) is 3. The van der Waals surface area contributed by atoms with Gasteiger partial charge in [0.1, 0.15) is 0 Å². The van der Waals surface area contributed by atoms with E-state index in [9.17, 15) is 9.90 Å². The Bertz CT molecular complexity index is 785. The molecule has 1 aliphatic heterocycles. The van der Waals surface area contributed by atoms with Gasteiger partial charge in [-0.3, -0.25) is 0 Å². The molecule has 0 aliphatic carbocycles. The Morgan fingerprint density at radius 1 is 1.30 bits per heavy atom. The Balaban J connectivity index is 0.00000192. The molecule has 0 saturated heterocycles. The molecule has 5 N–H and O–H groups in total. The number of benzene rings is 1. The summed E-state index contributed by atoms with van der Waals surface area (Å²) in [6, 6.07) is 7.78. The van der Waals surface area contributed by atoms with Crippen molar-refractivity contribution in [1.82, 2.24) is 16.0 Å². The van der Waals surface area contributed by atoms with Gasteiger partial charge in [-0.15, -0.1) is 0 Å². The Kier molecular flexibility index (Phi) is 4.26. The lowest BCUT2D eigenvalue weighted by atomic mass is 9.81. The first-order chi connectivity index (χ1) is 10.3. The molecule has 0 spiro atoms. The van der Waals surface area contributed by atoms with Crippen LogP contribution in [0, 0.1) is 5.92 Å². The topological polar surface area (TPSA) is 89.3 Å². The maximum atomic E-state index is 12.0. The summed E-state index contributed by atoms with van der Waals surface area (Å²) in [5.41, 5.74) is 3.61. The van der Waals surface area contributed by atoms with Gasteiger partial charge in [0.15, 0.2) is 0 Å². The Morgan fingerprint density at radius 2 is 1.96 bits per heavy atom. The van der Waals surface area contributed by atoms with Crippen LogP contribution < -0.4 is 11.5 Å². The SMILES string of the molecule is CC(C)C1=CNCC(C)(C)c2c1n(C(=O)O)c1ccccc21.N. The van der Waals surface area contributed by atoms with Crippen LogP contribution in [0.4, 0.5) is 4.79 Å². The Labute approximate surface area is 136 Å². The molecule has 124 valence electrons. The first-order valence-electron chi connectivity index (χ1n) is 7.65. The first kappa shape index (κ1) is 17.1.